The fourth-order valence-corrected chi connectivity index (χ4v) is 3.97. The summed E-state index contributed by atoms with van der Waals surface area (Å²) in [6.45, 7) is 2.04. The summed E-state index contributed by atoms with van der Waals surface area (Å²) in [6, 6.07) is 4.38. The lowest BCUT2D eigenvalue weighted by Gasteiger charge is -2.40. The number of ether oxygens (including phenoxy) is 2. The van der Waals surface area contributed by atoms with Crippen LogP contribution in [0, 0.1) is 0 Å². The Bertz CT molecular complexity index is 709. The number of hydrogen-bond acceptors (Lipinski definition) is 4. The van der Waals surface area contributed by atoms with Crippen LogP contribution in [0.15, 0.2) is 12.1 Å². The number of nitrogens with zero attached hydrogens (tertiary/aromatic N) is 1. The SMILES string of the molecule is COc1cc2[nH]c3c(c2cc1OC)CCN1CCC(O)CC31. The lowest BCUT2D eigenvalue weighted by molar-refractivity contribution is 0.0348. The third-order valence-corrected chi connectivity index (χ3v) is 5.11. The predicted molar refractivity (Wildman–Crippen MR) is 84.7 cm³/mol. The van der Waals surface area contributed by atoms with Crippen LogP contribution in [0.2, 0.25) is 0 Å². The van der Waals surface area contributed by atoms with Crippen LogP contribution >= 0.6 is 0 Å². The van der Waals surface area contributed by atoms with Crippen LogP contribution in [0.5, 0.6) is 11.5 Å². The molecule has 1 aromatic carbocycles. The van der Waals surface area contributed by atoms with Crippen LogP contribution in [0.4, 0.5) is 0 Å². The van der Waals surface area contributed by atoms with Crippen LogP contribution < -0.4 is 9.47 Å². The molecule has 1 fully saturated rings. The van der Waals surface area contributed by atoms with Gasteiger partial charge in [-0.2, -0.15) is 0 Å². The molecule has 2 N–H and O–H groups in total. The van der Waals surface area contributed by atoms with Gasteiger partial charge in [0.25, 0.3) is 0 Å². The summed E-state index contributed by atoms with van der Waals surface area (Å²) in [7, 11) is 3.33. The van der Waals surface area contributed by atoms with Crippen molar-refractivity contribution in [2.24, 2.45) is 0 Å². The topological polar surface area (TPSA) is 57.7 Å². The average Bonchev–Trinajstić information content (AvgIpc) is 2.91. The molecule has 5 nitrogen and oxygen atoms in total. The van der Waals surface area contributed by atoms with Crippen LogP contribution in [-0.4, -0.2) is 48.4 Å². The zero-order valence-electron chi connectivity index (χ0n) is 13.1. The standard InChI is InChI=1S/C17H22N2O3/c1-21-15-8-12-11-4-6-19-5-3-10(20)7-14(19)17(11)18-13(12)9-16(15)22-2/h8-10,14,18,20H,3-7H2,1-2H3. The maximum atomic E-state index is 10.0. The summed E-state index contributed by atoms with van der Waals surface area (Å²) in [6.07, 6.45) is 2.54. The number of methoxy groups -OCH3 is 2. The highest BCUT2D eigenvalue weighted by Gasteiger charge is 2.35. The number of hydrogen-bond donors (Lipinski definition) is 2. The Morgan fingerprint density at radius 1 is 1.18 bits per heavy atom. The molecule has 3 heterocycles. The van der Waals surface area contributed by atoms with Gasteiger partial charge in [0.1, 0.15) is 0 Å². The molecule has 0 saturated carbocycles. The fraction of sp³-hybridized carbons (Fsp3) is 0.529. The van der Waals surface area contributed by atoms with Crippen molar-refractivity contribution in [3.8, 4) is 11.5 Å². The molecular formula is C17H22N2O3. The monoisotopic (exact) mass is 302 g/mol. The van der Waals surface area contributed by atoms with E-state index in [1.807, 2.05) is 6.07 Å². The van der Waals surface area contributed by atoms with E-state index in [1.54, 1.807) is 14.2 Å². The lowest BCUT2D eigenvalue weighted by atomic mass is 9.89. The Balaban J connectivity index is 1.85. The van der Waals surface area contributed by atoms with Gasteiger partial charge in [-0.25, -0.2) is 0 Å². The first kappa shape index (κ1) is 13.9. The largest absolute Gasteiger partial charge is 0.493 e. The van der Waals surface area contributed by atoms with Crippen molar-refractivity contribution >= 4 is 10.9 Å². The minimum atomic E-state index is -0.192. The second kappa shape index (κ2) is 5.18. The van der Waals surface area contributed by atoms with Gasteiger partial charge in [0.05, 0.1) is 26.4 Å². The summed E-state index contributed by atoms with van der Waals surface area (Å²) < 4.78 is 10.8. The number of aliphatic hydroxyl groups excluding tert-OH is 1. The van der Waals surface area contributed by atoms with Gasteiger partial charge >= 0.3 is 0 Å². The van der Waals surface area contributed by atoms with Crippen LogP contribution in [0.25, 0.3) is 10.9 Å². The van der Waals surface area contributed by atoms with Crippen molar-refractivity contribution in [1.29, 1.82) is 0 Å². The highest BCUT2D eigenvalue weighted by molar-refractivity contribution is 5.88. The molecule has 2 aliphatic rings. The first-order valence-corrected chi connectivity index (χ1v) is 7.90. The summed E-state index contributed by atoms with van der Waals surface area (Å²) in [4.78, 5) is 6.06. The van der Waals surface area contributed by atoms with E-state index in [9.17, 15) is 5.11 Å². The average molecular weight is 302 g/mol. The Kier molecular flexibility index (Phi) is 3.27. The molecule has 2 aromatic rings. The van der Waals surface area contributed by atoms with Crippen molar-refractivity contribution < 1.29 is 14.6 Å². The Morgan fingerprint density at radius 2 is 1.95 bits per heavy atom. The molecule has 0 bridgehead atoms. The van der Waals surface area contributed by atoms with Crippen LogP contribution in [0.3, 0.4) is 0 Å². The van der Waals surface area contributed by atoms with Gasteiger partial charge in [-0.3, -0.25) is 4.90 Å². The van der Waals surface area contributed by atoms with Crippen molar-refractivity contribution in [3.63, 3.8) is 0 Å². The predicted octanol–water partition coefficient (Wildman–Crippen LogP) is 2.24. The van der Waals surface area contributed by atoms with Crippen LogP contribution in [0.1, 0.15) is 30.1 Å². The molecule has 2 atom stereocenters. The van der Waals surface area contributed by atoms with Crippen molar-refractivity contribution in [3.05, 3.63) is 23.4 Å². The second-order valence-electron chi connectivity index (χ2n) is 6.25. The molecule has 0 aliphatic carbocycles. The number of fused-ring (bicyclic) bond motifs is 5. The summed E-state index contributed by atoms with van der Waals surface area (Å²) in [5, 5.41) is 11.2. The van der Waals surface area contributed by atoms with E-state index in [0.717, 1.165) is 49.4 Å². The van der Waals surface area contributed by atoms with Gasteiger partial charge < -0.3 is 19.6 Å². The first-order valence-electron chi connectivity index (χ1n) is 7.90. The Morgan fingerprint density at radius 3 is 2.73 bits per heavy atom. The number of aromatic amines is 1. The number of H-pyrrole nitrogens is 1. The smallest absolute Gasteiger partial charge is 0.162 e. The maximum Gasteiger partial charge on any atom is 0.162 e. The normalized spacial score (nSPS) is 24.9. The molecule has 4 rings (SSSR count). The van der Waals surface area contributed by atoms with E-state index in [0.29, 0.717) is 6.04 Å². The number of piperidine rings is 1. The second-order valence-corrected chi connectivity index (χ2v) is 6.25. The van der Waals surface area contributed by atoms with Gasteiger partial charge in [-0.1, -0.05) is 0 Å². The fourth-order valence-electron chi connectivity index (χ4n) is 3.97. The Hall–Kier alpha value is -1.72. The molecule has 0 spiro atoms. The number of benzene rings is 1. The highest BCUT2D eigenvalue weighted by Crippen LogP contribution is 2.42. The molecule has 0 amide bonds. The van der Waals surface area contributed by atoms with Crippen molar-refractivity contribution in [1.82, 2.24) is 9.88 Å². The molecule has 22 heavy (non-hydrogen) atoms. The highest BCUT2D eigenvalue weighted by atomic mass is 16.5. The van der Waals surface area contributed by atoms with Gasteiger partial charge in [-0.05, 0) is 30.9 Å². The summed E-state index contributed by atoms with van der Waals surface area (Å²) in [5.41, 5.74) is 3.71. The quantitative estimate of drug-likeness (QED) is 0.893. The molecule has 2 unspecified atom stereocenters. The van der Waals surface area contributed by atoms with Gasteiger partial charge in [0, 0.05) is 35.8 Å². The molecule has 0 radical (unpaired) electrons. The minimum absolute atomic E-state index is 0.192. The summed E-state index contributed by atoms with van der Waals surface area (Å²) in [5.74, 6) is 1.51. The molecular weight excluding hydrogens is 280 g/mol. The third kappa shape index (κ3) is 2.00. The van der Waals surface area contributed by atoms with E-state index in [1.165, 1.54) is 16.6 Å². The van der Waals surface area contributed by atoms with E-state index >= 15 is 0 Å². The minimum Gasteiger partial charge on any atom is -0.493 e. The zero-order valence-corrected chi connectivity index (χ0v) is 13.1. The third-order valence-electron chi connectivity index (χ3n) is 5.11. The number of nitrogens with one attached hydrogen (secondary N) is 1. The molecule has 118 valence electrons. The number of aliphatic hydroxyl groups is 1. The van der Waals surface area contributed by atoms with Crippen LogP contribution in [-0.2, 0) is 6.42 Å². The molecule has 1 aromatic heterocycles. The first-order chi connectivity index (χ1) is 10.7. The van der Waals surface area contributed by atoms with Gasteiger partial charge in [0.2, 0.25) is 0 Å². The van der Waals surface area contributed by atoms with Gasteiger partial charge in [0.15, 0.2) is 11.5 Å². The number of aromatic nitrogens is 1. The Labute approximate surface area is 129 Å². The maximum absolute atomic E-state index is 10.0. The summed E-state index contributed by atoms with van der Waals surface area (Å²) >= 11 is 0. The zero-order chi connectivity index (χ0) is 15.3. The van der Waals surface area contributed by atoms with E-state index < -0.39 is 0 Å². The van der Waals surface area contributed by atoms with E-state index in [4.69, 9.17) is 9.47 Å². The van der Waals surface area contributed by atoms with E-state index in [-0.39, 0.29) is 6.10 Å². The van der Waals surface area contributed by atoms with E-state index in [2.05, 4.69) is 16.0 Å². The van der Waals surface area contributed by atoms with Crippen molar-refractivity contribution in [2.75, 3.05) is 27.3 Å². The van der Waals surface area contributed by atoms with Crippen molar-refractivity contribution in [2.45, 2.75) is 31.4 Å². The molecule has 5 heteroatoms. The molecule has 1 saturated heterocycles. The number of rotatable bonds is 2. The van der Waals surface area contributed by atoms with Gasteiger partial charge in [-0.15, -0.1) is 0 Å². The molecule has 2 aliphatic heterocycles. The lowest BCUT2D eigenvalue weighted by Crippen LogP contribution is -2.42.